The number of carboxylic acids is 1. The van der Waals surface area contributed by atoms with Crippen LogP contribution in [0.3, 0.4) is 0 Å². The van der Waals surface area contributed by atoms with Crippen molar-refractivity contribution < 1.29 is 9.90 Å². The molecule has 0 bridgehead atoms. The van der Waals surface area contributed by atoms with E-state index in [0.29, 0.717) is 10.1 Å². The van der Waals surface area contributed by atoms with E-state index in [-0.39, 0.29) is 5.56 Å². The third-order valence-electron chi connectivity index (χ3n) is 2.85. The lowest BCUT2D eigenvalue weighted by Gasteiger charge is -2.05. The first kappa shape index (κ1) is 12.7. The smallest absolute Gasteiger partial charge is 0.336 e. The molecule has 0 radical (unpaired) electrons. The zero-order valence-electron chi connectivity index (χ0n) is 10.6. The Morgan fingerprint density at radius 1 is 1.25 bits per heavy atom. The largest absolute Gasteiger partial charge is 0.478 e. The number of rotatable bonds is 3. The summed E-state index contributed by atoms with van der Waals surface area (Å²) in [6.07, 6.45) is 1.85. The zero-order valence-corrected chi connectivity index (χ0v) is 11.5. The second-order valence-corrected chi connectivity index (χ2v) is 5.33. The molecule has 0 saturated heterocycles. The number of benzene rings is 1. The van der Waals surface area contributed by atoms with Gasteiger partial charge in [-0.2, -0.15) is 0 Å². The van der Waals surface area contributed by atoms with Gasteiger partial charge in [0.1, 0.15) is 0 Å². The topological polar surface area (TPSA) is 67.5 Å². The highest BCUT2D eigenvalue weighted by atomic mass is 32.2. The van der Waals surface area contributed by atoms with Gasteiger partial charge < -0.3 is 5.11 Å². The molecule has 1 N–H and O–H groups in total. The van der Waals surface area contributed by atoms with E-state index < -0.39 is 5.97 Å². The van der Waals surface area contributed by atoms with Crippen molar-refractivity contribution in [3.05, 3.63) is 53.7 Å². The number of hydrogen-bond acceptors (Lipinski definition) is 4. The SMILES string of the molecule is Cc1ccc(Sc2nnc3ccccn23)c(C(=O)O)c1. The second kappa shape index (κ2) is 4.97. The van der Waals surface area contributed by atoms with Crippen molar-refractivity contribution in [2.45, 2.75) is 17.0 Å². The van der Waals surface area contributed by atoms with Crippen LogP contribution in [-0.2, 0) is 0 Å². The quantitative estimate of drug-likeness (QED) is 0.801. The van der Waals surface area contributed by atoms with Gasteiger partial charge in [-0.3, -0.25) is 4.40 Å². The van der Waals surface area contributed by atoms with Crippen LogP contribution < -0.4 is 0 Å². The first-order valence-electron chi connectivity index (χ1n) is 5.97. The number of fused-ring (bicyclic) bond motifs is 1. The highest BCUT2D eigenvalue weighted by Crippen LogP contribution is 2.30. The normalized spacial score (nSPS) is 10.8. The lowest BCUT2D eigenvalue weighted by Crippen LogP contribution is -1.99. The van der Waals surface area contributed by atoms with Gasteiger partial charge in [0.15, 0.2) is 10.8 Å². The van der Waals surface area contributed by atoms with E-state index in [1.807, 2.05) is 41.8 Å². The third-order valence-corrected chi connectivity index (χ3v) is 3.89. The molecule has 0 aliphatic heterocycles. The molecule has 0 atom stereocenters. The van der Waals surface area contributed by atoms with Gasteiger partial charge in [-0.1, -0.05) is 17.7 Å². The minimum absolute atomic E-state index is 0.280. The molecule has 0 unspecified atom stereocenters. The minimum Gasteiger partial charge on any atom is -0.478 e. The van der Waals surface area contributed by atoms with Crippen LogP contribution in [0.25, 0.3) is 5.65 Å². The molecule has 100 valence electrons. The van der Waals surface area contributed by atoms with Crippen LogP contribution in [-0.4, -0.2) is 25.7 Å². The van der Waals surface area contributed by atoms with Crippen LogP contribution in [0.4, 0.5) is 0 Å². The highest BCUT2D eigenvalue weighted by molar-refractivity contribution is 7.99. The minimum atomic E-state index is -0.940. The number of carboxylic acid groups (broad SMARTS) is 1. The summed E-state index contributed by atoms with van der Waals surface area (Å²) < 4.78 is 1.83. The van der Waals surface area contributed by atoms with Crippen LogP contribution in [0.15, 0.2) is 52.6 Å². The average molecular weight is 285 g/mol. The van der Waals surface area contributed by atoms with Crippen molar-refractivity contribution in [2.75, 3.05) is 0 Å². The lowest BCUT2D eigenvalue weighted by atomic mass is 10.1. The van der Waals surface area contributed by atoms with Gasteiger partial charge in [0.2, 0.25) is 0 Å². The second-order valence-electron chi connectivity index (χ2n) is 4.32. The van der Waals surface area contributed by atoms with Crippen LogP contribution >= 0.6 is 11.8 Å². The van der Waals surface area contributed by atoms with E-state index in [9.17, 15) is 9.90 Å². The molecule has 0 fully saturated rings. The summed E-state index contributed by atoms with van der Waals surface area (Å²) in [6, 6.07) is 11.0. The fourth-order valence-electron chi connectivity index (χ4n) is 1.89. The molecule has 6 heteroatoms. The fourth-order valence-corrected chi connectivity index (χ4v) is 2.81. The number of aromatic nitrogens is 3. The van der Waals surface area contributed by atoms with Gasteiger partial charge in [-0.15, -0.1) is 10.2 Å². The van der Waals surface area contributed by atoms with Crippen molar-refractivity contribution in [3.63, 3.8) is 0 Å². The number of aromatic carboxylic acids is 1. The van der Waals surface area contributed by atoms with Gasteiger partial charge in [-0.05, 0) is 43.0 Å². The number of pyridine rings is 1. The molecule has 0 amide bonds. The van der Waals surface area contributed by atoms with Crippen molar-refractivity contribution in [1.82, 2.24) is 14.6 Å². The van der Waals surface area contributed by atoms with E-state index in [1.165, 1.54) is 11.8 Å². The van der Waals surface area contributed by atoms with Crippen LogP contribution in [0.2, 0.25) is 0 Å². The van der Waals surface area contributed by atoms with Crippen molar-refractivity contribution >= 4 is 23.4 Å². The van der Waals surface area contributed by atoms with Crippen LogP contribution in [0.1, 0.15) is 15.9 Å². The Morgan fingerprint density at radius 2 is 2.10 bits per heavy atom. The summed E-state index contributed by atoms with van der Waals surface area (Å²) in [4.78, 5) is 12.0. The molecule has 0 aliphatic rings. The maximum Gasteiger partial charge on any atom is 0.336 e. The van der Waals surface area contributed by atoms with Gasteiger partial charge in [0.25, 0.3) is 0 Å². The number of carbonyl (C=O) groups is 1. The molecule has 1 aromatic carbocycles. The van der Waals surface area contributed by atoms with Crippen molar-refractivity contribution in [1.29, 1.82) is 0 Å². The van der Waals surface area contributed by atoms with Gasteiger partial charge in [-0.25, -0.2) is 4.79 Å². The molecular weight excluding hydrogens is 274 g/mol. The predicted octanol–water partition coefficient (Wildman–Crippen LogP) is 2.89. The van der Waals surface area contributed by atoms with Crippen LogP contribution in [0, 0.1) is 6.92 Å². The summed E-state index contributed by atoms with van der Waals surface area (Å²) in [5, 5.41) is 18.1. The van der Waals surface area contributed by atoms with E-state index in [4.69, 9.17) is 0 Å². The van der Waals surface area contributed by atoms with Crippen LogP contribution in [0.5, 0.6) is 0 Å². The fraction of sp³-hybridized carbons (Fsp3) is 0.0714. The Labute approximate surface area is 119 Å². The lowest BCUT2D eigenvalue weighted by molar-refractivity contribution is 0.0693. The molecule has 5 nitrogen and oxygen atoms in total. The monoisotopic (exact) mass is 285 g/mol. The maximum atomic E-state index is 11.3. The first-order chi connectivity index (χ1) is 9.65. The number of aryl methyl sites for hydroxylation is 1. The van der Waals surface area contributed by atoms with E-state index >= 15 is 0 Å². The van der Waals surface area contributed by atoms with E-state index in [0.717, 1.165) is 11.2 Å². The first-order valence-corrected chi connectivity index (χ1v) is 6.78. The third kappa shape index (κ3) is 2.25. The Hall–Kier alpha value is -2.34. The summed E-state index contributed by atoms with van der Waals surface area (Å²) in [5.41, 5.74) is 1.93. The molecule has 0 aliphatic carbocycles. The summed E-state index contributed by atoms with van der Waals surface area (Å²) in [5.74, 6) is -0.940. The van der Waals surface area contributed by atoms with Gasteiger partial charge >= 0.3 is 5.97 Å². The molecule has 3 aromatic rings. The zero-order chi connectivity index (χ0) is 14.1. The summed E-state index contributed by atoms with van der Waals surface area (Å²) >= 11 is 1.30. The van der Waals surface area contributed by atoms with E-state index in [1.54, 1.807) is 12.1 Å². The number of nitrogens with zero attached hydrogens (tertiary/aromatic N) is 3. The van der Waals surface area contributed by atoms with Crippen molar-refractivity contribution in [2.24, 2.45) is 0 Å². The Morgan fingerprint density at radius 3 is 2.90 bits per heavy atom. The Bertz CT molecular complexity index is 798. The summed E-state index contributed by atoms with van der Waals surface area (Å²) in [6.45, 7) is 1.87. The molecule has 20 heavy (non-hydrogen) atoms. The standard InChI is InChI=1S/C14H11N3O2S/c1-9-5-6-11(10(8-9)13(18)19)20-14-16-15-12-4-2-3-7-17(12)14/h2-8H,1H3,(H,18,19). The molecule has 2 heterocycles. The summed E-state index contributed by atoms with van der Waals surface area (Å²) in [7, 11) is 0. The predicted molar refractivity (Wildman–Crippen MR) is 75.2 cm³/mol. The molecular formula is C14H11N3O2S. The Balaban J connectivity index is 2.05. The molecule has 2 aromatic heterocycles. The van der Waals surface area contributed by atoms with Crippen molar-refractivity contribution in [3.8, 4) is 0 Å². The van der Waals surface area contributed by atoms with E-state index in [2.05, 4.69) is 10.2 Å². The number of hydrogen-bond donors (Lipinski definition) is 1. The average Bonchev–Trinajstić information content (AvgIpc) is 2.84. The maximum absolute atomic E-state index is 11.3. The molecule has 0 spiro atoms. The molecule has 3 rings (SSSR count). The van der Waals surface area contributed by atoms with Gasteiger partial charge in [0, 0.05) is 11.1 Å². The Kier molecular flexibility index (Phi) is 3.15. The van der Waals surface area contributed by atoms with Gasteiger partial charge in [0.05, 0.1) is 5.56 Å². The molecule has 0 saturated carbocycles. The highest BCUT2D eigenvalue weighted by Gasteiger charge is 2.14.